The maximum atomic E-state index is 13.5. The molecule has 3 aromatic rings. The fraction of sp³-hybridized carbons (Fsp3) is 0.500. The molecule has 0 saturated carbocycles. The lowest BCUT2D eigenvalue weighted by molar-refractivity contribution is -0.155. The van der Waals surface area contributed by atoms with Crippen LogP contribution < -0.4 is 4.90 Å². The molecule has 4 rings (SSSR count). The van der Waals surface area contributed by atoms with Crippen LogP contribution in [0.2, 0.25) is 5.28 Å². The number of ether oxygens (including phenoxy) is 5. The predicted octanol–water partition coefficient (Wildman–Crippen LogP) is 5.74. The van der Waals surface area contributed by atoms with E-state index < -0.39 is 69.9 Å². The fourth-order valence-electron chi connectivity index (χ4n) is 5.43. The Hall–Kier alpha value is -5.09. The van der Waals surface area contributed by atoms with E-state index in [1.54, 1.807) is 78.8 Å². The second-order valence-electron chi connectivity index (χ2n) is 14.4. The molecule has 1 fully saturated rings. The molecule has 52 heavy (non-hydrogen) atoms. The molecule has 15 nitrogen and oxygen atoms in total. The molecule has 3 heterocycles. The third-order valence-electron chi connectivity index (χ3n) is 7.97. The molecule has 276 valence electrons. The molecule has 1 unspecified atom stereocenters. The zero-order valence-electron chi connectivity index (χ0n) is 30.4. The number of fused-ring (bicyclic) bond motifs is 1. The number of nitriles is 1. The average Bonchev–Trinajstić information content (AvgIpc) is 3.56. The van der Waals surface area contributed by atoms with Gasteiger partial charge < -0.3 is 23.7 Å². The number of amides is 2. The van der Waals surface area contributed by atoms with E-state index in [1.807, 2.05) is 6.07 Å². The fourth-order valence-corrected chi connectivity index (χ4v) is 5.59. The van der Waals surface area contributed by atoms with Gasteiger partial charge in [0.05, 0.1) is 18.3 Å². The lowest BCUT2D eigenvalue weighted by Crippen LogP contribution is -2.46. The second-order valence-corrected chi connectivity index (χ2v) is 14.7. The number of hydrogen-bond acceptors (Lipinski definition) is 13. The van der Waals surface area contributed by atoms with Gasteiger partial charge in [-0.2, -0.15) is 20.1 Å². The van der Waals surface area contributed by atoms with Gasteiger partial charge in [-0.1, -0.05) is 36.3 Å². The van der Waals surface area contributed by atoms with E-state index in [2.05, 4.69) is 20.9 Å². The van der Waals surface area contributed by atoms with Crippen LogP contribution in [0.1, 0.15) is 74.1 Å². The van der Waals surface area contributed by atoms with Crippen LogP contribution in [-0.4, -0.2) is 79.1 Å². The van der Waals surface area contributed by atoms with Crippen molar-refractivity contribution in [3.05, 3.63) is 47.5 Å². The summed E-state index contributed by atoms with van der Waals surface area (Å²) in [5.74, 6) is 1.07. The summed E-state index contributed by atoms with van der Waals surface area (Å²) in [6, 6.07) is 10.9. The number of carbonyl (C=O) groups excluding carboxylic acids is 4. The van der Waals surface area contributed by atoms with Gasteiger partial charge in [-0.3, -0.25) is 14.2 Å². The number of hydrogen-bond donors (Lipinski definition) is 0. The molecular formula is C36H41ClN6O9. The molecule has 0 radical (unpaired) electrons. The summed E-state index contributed by atoms with van der Waals surface area (Å²) >= 11 is 6.39. The molecule has 0 spiro atoms. The van der Waals surface area contributed by atoms with Crippen LogP contribution in [0.5, 0.6) is 0 Å². The molecule has 1 aliphatic rings. The van der Waals surface area contributed by atoms with Crippen molar-refractivity contribution in [1.29, 1.82) is 5.26 Å². The first-order chi connectivity index (χ1) is 24.1. The van der Waals surface area contributed by atoms with Gasteiger partial charge in [0.1, 0.15) is 23.4 Å². The van der Waals surface area contributed by atoms with Gasteiger partial charge in [-0.05, 0) is 72.6 Å². The molecule has 1 aliphatic heterocycles. The number of imidazole rings is 1. The van der Waals surface area contributed by atoms with Crippen molar-refractivity contribution in [2.75, 3.05) is 11.5 Å². The average molecular weight is 737 g/mol. The SMILES string of the molecule is C#C[C@@]1(C)[C@@H](COC(C#N)(Cc2ccccc2)C(C)=O)O[C@@H](n2cnc3c(N(C(=O)OC(C)(C)C)C(=O)OC(C)(C)C)nc(Cl)nc32)[C@@H]1OC(C)=O. The quantitative estimate of drug-likeness (QED) is 0.112. The molecule has 2 aromatic heterocycles. The molecule has 2 amide bonds. The number of Topliss-reactive ketones (excluding diaryl/α,β-unsaturated/α-hetero) is 1. The van der Waals surface area contributed by atoms with Crippen LogP contribution in [0, 0.1) is 29.1 Å². The number of aromatic nitrogens is 4. The Morgan fingerprint density at radius 1 is 1.04 bits per heavy atom. The van der Waals surface area contributed by atoms with E-state index >= 15 is 0 Å². The first kappa shape index (κ1) is 39.7. The number of esters is 1. The van der Waals surface area contributed by atoms with E-state index in [9.17, 15) is 24.4 Å². The number of anilines is 1. The molecule has 0 N–H and O–H groups in total. The molecule has 16 heteroatoms. The third-order valence-corrected chi connectivity index (χ3v) is 8.14. The maximum Gasteiger partial charge on any atom is 0.425 e. The van der Waals surface area contributed by atoms with Gasteiger partial charge >= 0.3 is 18.2 Å². The minimum Gasteiger partial charge on any atom is -0.456 e. The van der Waals surface area contributed by atoms with Crippen molar-refractivity contribution in [2.45, 2.75) is 104 Å². The number of carbonyl (C=O) groups is 4. The zero-order valence-corrected chi connectivity index (χ0v) is 31.2. The standard InChI is InChI=1S/C36H41ClN6O9/c1-11-35(10)24(18-48-36(19-38,21(2)44)17-23-15-13-12-14-16-23)50-29(26(35)49-22(3)45)42-20-39-25-27(42)40-30(37)41-28(25)43(31(46)51-33(4,5)6)32(47)52-34(7,8)9/h1,12-16,20,24,26,29H,17-18H2,2-10H3/t24-,26+,29-,35+,36?/m1/s1. The number of ketones is 1. The Bertz CT molecular complexity index is 1910. The number of terminal acetylenes is 1. The van der Waals surface area contributed by atoms with Crippen LogP contribution in [0.3, 0.4) is 0 Å². The Balaban J connectivity index is 1.81. The highest BCUT2D eigenvalue weighted by Gasteiger charge is 2.57. The van der Waals surface area contributed by atoms with Crippen LogP contribution in [0.15, 0.2) is 36.7 Å². The number of halogens is 1. The minimum absolute atomic E-state index is 0.0469. The van der Waals surface area contributed by atoms with Gasteiger partial charge in [-0.25, -0.2) is 14.6 Å². The van der Waals surface area contributed by atoms with Crippen molar-refractivity contribution in [1.82, 2.24) is 19.5 Å². The normalized spacial score (nSPS) is 21.3. The lowest BCUT2D eigenvalue weighted by atomic mass is 9.81. The Morgan fingerprint density at radius 3 is 2.13 bits per heavy atom. The van der Waals surface area contributed by atoms with E-state index in [0.717, 1.165) is 0 Å². The molecule has 1 aromatic carbocycles. The number of imide groups is 1. The topological polar surface area (TPSA) is 185 Å². The largest absolute Gasteiger partial charge is 0.456 e. The van der Waals surface area contributed by atoms with Gasteiger partial charge in [-0.15, -0.1) is 6.42 Å². The zero-order chi connectivity index (χ0) is 38.8. The van der Waals surface area contributed by atoms with E-state index in [0.29, 0.717) is 10.5 Å². The van der Waals surface area contributed by atoms with Gasteiger partial charge in [0.2, 0.25) is 10.9 Å². The maximum absolute atomic E-state index is 13.5. The number of rotatable bonds is 9. The summed E-state index contributed by atoms with van der Waals surface area (Å²) in [6.07, 6.45) is 1.51. The Morgan fingerprint density at radius 2 is 1.63 bits per heavy atom. The Labute approximate surface area is 306 Å². The summed E-state index contributed by atoms with van der Waals surface area (Å²) in [6.45, 7) is 13.4. The van der Waals surface area contributed by atoms with E-state index in [1.165, 1.54) is 24.7 Å². The van der Waals surface area contributed by atoms with Crippen molar-refractivity contribution < 1.29 is 42.9 Å². The first-order valence-corrected chi connectivity index (χ1v) is 16.6. The van der Waals surface area contributed by atoms with E-state index in [-0.39, 0.29) is 30.0 Å². The third kappa shape index (κ3) is 8.50. The highest BCUT2D eigenvalue weighted by Crippen LogP contribution is 2.47. The lowest BCUT2D eigenvalue weighted by Gasteiger charge is -2.31. The highest BCUT2D eigenvalue weighted by molar-refractivity contribution is 6.29. The van der Waals surface area contributed by atoms with Crippen molar-refractivity contribution in [3.63, 3.8) is 0 Å². The summed E-state index contributed by atoms with van der Waals surface area (Å²) in [7, 11) is 0. The molecule has 0 bridgehead atoms. The molecule has 1 saturated heterocycles. The molecule has 5 atom stereocenters. The summed E-state index contributed by atoms with van der Waals surface area (Å²) in [5, 5.41) is 9.81. The van der Waals surface area contributed by atoms with Gasteiger partial charge in [0.15, 0.2) is 35.1 Å². The molecule has 0 aliphatic carbocycles. The van der Waals surface area contributed by atoms with Crippen LogP contribution in [-0.2, 0) is 39.7 Å². The first-order valence-electron chi connectivity index (χ1n) is 16.2. The Kier molecular flexibility index (Phi) is 11.4. The van der Waals surface area contributed by atoms with E-state index in [4.69, 9.17) is 41.7 Å². The van der Waals surface area contributed by atoms with Crippen molar-refractivity contribution in [3.8, 4) is 18.4 Å². The molecular weight excluding hydrogens is 696 g/mol. The number of benzene rings is 1. The van der Waals surface area contributed by atoms with Gasteiger partial charge in [0, 0.05) is 13.3 Å². The smallest absolute Gasteiger partial charge is 0.425 e. The summed E-state index contributed by atoms with van der Waals surface area (Å²) in [4.78, 5) is 65.8. The highest BCUT2D eigenvalue weighted by atomic mass is 35.5. The minimum atomic E-state index is -1.89. The van der Waals surface area contributed by atoms with Gasteiger partial charge in [0.25, 0.3) is 0 Å². The summed E-state index contributed by atoms with van der Waals surface area (Å²) < 4.78 is 30.6. The van der Waals surface area contributed by atoms with Crippen LogP contribution in [0.25, 0.3) is 11.2 Å². The van der Waals surface area contributed by atoms with Crippen LogP contribution >= 0.6 is 11.6 Å². The van der Waals surface area contributed by atoms with Crippen molar-refractivity contribution >= 4 is 52.5 Å². The second kappa shape index (κ2) is 14.9. The monoisotopic (exact) mass is 736 g/mol. The van der Waals surface area contributed by atoms with Crippen LogP contribution in [0.4, 0.5) is 15.4 Å². The number of nitrogens with zero attached hydrogens (tertiary/aromatic N) is 6. The predicted molar refractivity (Wildman–Crippen MR) is 187 cm³/mol. The van der Waals surface area contributed by atoms with Crippen molar-refractivity contribution in [2.24, 2.45) is 5.41 Å². The summed E-state index contributed by atoms with van der Waals surface area (Å²) in [5.41, 5.74) is -4.80.